The Balaban J connectivity index is 1.58. The first kappa shape index (κ1) is 17.0. The Kier molecular flexibility index (Phi) is 6.24. The fraction of sp³-hybridized carbons (Fsp3) is 0.579. The van der Waals surface area contributed by atoms with E-state index in [-0.39, 0.29) is 0 Å². The Bertz CT molecular complexity index is 601. The maximum Gasteiger partial charge on any atom is 0.247 e. The number of rotatable bonds is 7. The third kappa shape index (κ3) is 4.81. The molecule has 1 aliphatic rings. The maximum atomic E-state index is 5.85. The Morgan fingerprint density at radius 3 is 2.50 bits per heavy atom. The van der Waals surface area contributed by atoms with Crippen molar-refractivity contribution in [1.82, 2.24) is 15.1 Å². The van der Waals surface area contributed by atoms with Gasteiger partial charge in [0.25, 0.3) is 0 Å². The number of benzene rings is 1. The molecule has 0 atom stereocenters. The van der Waals surface area contributed by atoms with Gasteiger partial charge in [-0.25, -0.2) is 0 Å². The summed E-state index contributed by atoms with van der Waals surface area (Å²) in [6, 6.07) is 7.88. The van der Waals surface area contributed by atoms with E-state index in [4.69, 9.17) is 9.15 Å². The van der Waals surface area contributed by atoms with Crippen LogP contribution in [-0.4, -0.2) is 34.8 Å². The molecule has 0 unspecified atom stereocenters. The van der Waals surface area contributed by atoms with E-state index in [9.17, 15) is 0 Å². The lowest BCUT2D eigenvalue weighted by molar-refractivity contribution is 0.249. The summed E-state index contributed by atoms with van der Waals surface area (Å²) in [6.07, 6.45) is 7.41. The van der Waals surface area contributed by atoms with Crippen molar-refractivity contribution >= 4 is 0 Å². The molecule has 5 heteroatoms. The molecule has 0 aliphatic carbocycles. The Morgan fingerprint density at radius 2 is 1.79 bits per heavy atom. The summed E-state index contributed by atoms with van der Waals surface area (Å²) >= 11 is 0. The summed E-state index contributed by atoms with van der Waals surface area (Å²) in [6.45, 7) is 5.93. The molecular formula is C19H27N3O2. The first-order valence-corrected chi connectivity index (χ1v) is 9.13. The molecule has 1 fully saturated rings. The van der Waals surface area contributed by atoms with Gasteiger partial charge in [0.05, 0.1) is 13.2 Å². The molecule has 5 nitrogen and oxygen atoms in total. The molecule has 0 amide bonds. The predicted molar refractivity (Wildman–Crippen MR) is 93.9 cm³/mol. The molecule has 1 aromatic carbocycles. The highest BCUT2D eigenvalue weighted by atomic mass is 16.5. The molecule has 3 rings (SSSR count). The van der Waals surface area contributed by atoms with Crippen molar-refractivity contribution in [3.63, 3.8) is 0 Å². The van der Waals surface area contributed by atoms with Crippen molar-refractivity contribution in [3.8, 4) is 17.2 Å². The van der Waals surface area contributed by atoms with Crippen molar-refractivity contribution in [2.75, 3.05) is 19.7 Å². The molecule has 2 heterocycles. The third-order valence-corrected chi connectivity index (χ3v) is 4.39. The van der Waals surface area contributed by atoms with Crippen molar-refractivity contribution < 1.29 is 9.15 Å². The van der Waals surface area contributed by atoms with Gasteiger partial charge < -0.3 is 9.15 Å². The molecule has 0 N–H and O–H groups in total. The Hall–Kier alpha value is -1.88. The van der Waals surface area contributed by atoms with Crippen LogP contribution in [0.1, 0.15) is 51.3 Å². The first-order chi connectivity index (χ1) is 11.8. The Labute approximate surface area is 144 Å². The monoisotopic (exact) mass is 329 g/mol. The number of unbranched alkanes of at least 4 members (excludes halogenated alkanes) is 1. The average molecular weight is 329 g/mol. The summed E-state index contributed by atoms with van der Waals surface area (Å²) in [5.74, 6) is 2.17. The normalized spacial score (nSPS) is 16.0. The predicted octanol–water partition coefficient (Wildman–Crippen LogP) is 4.29. The van der Waals surface area contributed by atoms with E-state index >= 15 is 0 Å². The minimum atomic E-state index is 0.583. The maximum absolute atomic E-state index is 5.85. The third-order valence-electron chi connectivity index (χ3n) is 4.39. The summed E-state index contributed by atoms with van der Waals surface area (Å²) in [5.41, 5.74) is 0.937. The minimum absolute atomic E-state index is 0.583. The summed E-state index contributed by atoms with van der Waals surface area (Å²) in [5, 5.41) is 8.41. The zero-order chi connectivity index (χ0) is 16.6. The summed E-state index contributed by atoms with van der Waals surface area (Å²) < 4.78 is 11.5. The second-order valence-corrected chi connectivity index (χ2v) is 6.42. The van der Waals surface area contributed by atoms with Crippen molar-refractivity contribution in [2.24, 2.45) is 0 Å². The van der Waals surface area contributed by atoms with Gasteiger partial charge in [-0.1, -0.05) is 26.2 Å². The number of hydrogen-bond donors (Lipinski definition) is 0. The molecule has 130 valence electrons. The van der Waals surface area contributed by atoms with Crippen LogP contribution in [0.3, 0.4) is 0 Å². The zero-order valence-corrected chi connectivity index (χ0v) is 14.5. The first-order valence-electron chi connectivity index (χ1n) is 9.13. The molecule has 0 radical (unpaired) electrons. The smallest absolute Gasteiger partial charge is 0.247 e. The average Bonchev–Trinajstić information content (AvgIpc) is 2.91. The van der Waals surface area contributed by atoms with Crippen LogP contribution >= 0.6 is 0 Å². The minimum Gasteiger partial charge on any atom is -0.494 e. The fourth-order valence-electron chi connectivity index (χ4n) is 2.95. The SMILES string of the molecule is CCCCOc1ccc(-c2nnc(CN3CCCCCC3)o2)cc1. The second-order valence-electron chi connectivity index (χ2n) is 6.42. The Morgan fingerprint density at radius 1 is 1.04 bits per heavy atom. The molecular weight excluding hydrogens is 302 g/mol. The summed E-state index contributed by atoms with van der Waals surface area (Å²) in [7, 11) is 0. The number of nitrogens with zero attached hydrogens (tertiary/aromatic N) is 3. The van der Waals surface area contributed by atoms with E-state index in [2.05, 4.69) is 22.0 Å². The molecule has 0 bridgehead atoms. The number of likely N-dealkylation sites (tertiary alicyclic amines) is 1. The van der Waals surface area contributed by atoms with E-state index in [0.29, 0.717) is 11.8 Å². The molecule has 1 aromatic heterocycles. The van der Waals surface area contributed by atoms with Gasteiger partial charge >= 0.3 is 0 Å². The van der Waals surface area contributed by atoms with Crippen molar-refractivity contribution in [2.45, 2.75) is 52.0 Å². The van der Waals surface area contributed by atoms with Crippen LogP contribution in [0.25, 0.3) is 11.5 Å². The molecule has 24 heavy (non-hydrogen) atoms. The fourth-order valence-corrected chi connectivity index (χ4v) is 2.95. The standard InChI is InChI=1S/C19H27N3O2/c1-2-3-14-23-17-10-8-16(9-11-17)19-21-20-18(24-19)15-22-12-6-4-5-7-13-22/h8-11H,2-7,12-15H2,1H3. The van der Waals surface area contributed by atoms with Crippen molar-refractivity contribution in [1.29, 1.82) is 0 Å². The van der Waals surface area contributed by atoms with E-state index in [1.165, 1.54) is 25.7 Å². The van der Waals surface area contributed by atoms with E-state index in [0.717, 1.165) is 50.4 Å². The zero-order valence-electron chi connectivity index (χ0n) is 14.5. The number of aromatic nitrogens is 2. The molecule has 1 aliphatic heterocycles. The highest BCUT2D eigenvalue weighted by Crippen LogP contribution is 2.22. The van der Waals surface area contributed by atoms with E-state index < -0.39 is 0 Å². The van der Waals surface area contributed by atoms with Gasteiger partial charge in [0, 0.05) is 5.56 Å². The van der Waals surface area contributed by atoms with Gasteiger partial charge in [-0.15, -0.1) is 10.2 Å². The van der Waals surface area contributed by atoms with Gasteiger partial charge in [0.15, 0.2) is 0 Å². The van der Waals surface area contributed by atoms with Gasteiger partial charge in [-0.2, -0.15) is 0 Å². The number of ether oxygens (including phenoxy) is 1. The summed E-state index contributed by atoms with van der Waals surface area (Å²) in [4.78, 5) is 2.41. The molecule has 2 aromatic rings. The largest absolute Gasteiger partial charge is 0.494 e. The van der Waals surface area contributed by atoms with Crippen LogP contribution < -0.4 is 4.74 Å². The van der Waals surface area contributed by atoms with Crippen LogP contribution in [0.2, 0.25) is 0 Å². The van der Waals surface area contributed by atoms with Crippen LogP contribution in [0.15, 0.2) is 28.7 Å². The van der Waals surface area contributed by atoms with Crippen LogP contribution in [0.5, 0.6) is 5.75 Å². The van der Waals surface area contributed by atoms with Crippen LogP contribution in [0, 0.1) is 0 Å². The number of hydrogen-bond acceptors (Lipinski definition) is 5. The van der Waals surface area contributed by atoms with Crippen molar-refractivity contribution in [3.05, 3.63) is 30.2 Å². The lowest BCUT2D eigenvalue weighted by Crippen LogP contribution is -2.24. The van der Waals surface area contributed by atoms with Crippen LogP contribution in [-0.2, 0) is 6.54 Å². The van der Waals surface area contributed by atoms with Gasteiger partial charge in [0.1, 0.15) is 5.75 Å². The molecule has 0 saturated carbocycles. The van der Waals surface area contributed by atoms with E-state index in [1.807, 2.05) is 24.3 Å². The van der Waals surface area contributed by atoms with Gasteiger partial charge in [-0.3, -0.25) is 4.90 Å². The van der Waals surface area contributed by atoms with Crippen LogP contribution in [0.4, 0.5) is 0 Å². The highest BCUT2D eigenvalue weighted by molar-refractivity contribution is 5.53. The lowest BCUT2D eigenvalue weighted by atomic mass is 10.2. The van der Waals surface area contributed by atoms with Gasteiger partial charge in [0.2, 0.25) is 11.8 Å². The molecule has 0 spiro atoms. The highest BCUT2D eigenvalue weighted by Gasteiger charge is 2.14. The molecule has 1 saturated heterocycles. The van der Waals surface area contributed by atoms with Gasteiger partial charge in [-0.05, 0) is 56.6 Å². The van der Waals surface area contributed by atoms with E-state index in [1.54, 1.807) is 0 Å². The second kappa shape index (κ2) is 8.83. The quantitative estimate of drug-likeness (QED) is 0.709. The lowest BCUT2D eigenvalue weighted by Gasteiger charge is -2.16. The topological polar surface area (TPSA) is 51.4 Å².